The molecular formula is C55H40N3OPS. The summed E-state index contributed by atoms with van der Waals surface area (Å²) in [6.07, 6.45) is 14.9. The van der Waals surface area contributed by atoms with E-state index in [1.54, 1.807) is 0 Å². The van der Waals surface area contributed by atoms with Gasteiger partial charge in [-0.3, -0.25) is 0 Å². The van der Waals surface area contributed by atoms with E-state index in [-0.39, 0.29) is 0 Å². The van der Waals surface area contributed by atoms with Gasteiger partial charge in [-0.05, 0) is 89.4 Å². The summed E-state index contributed by atoms with van der Waals surface area (Å²) in [6.45, 7) is 0. The number of aromatic nitrogens is 3. The maximum atomic E-state index is 15.6. The topological polar surface area (TPSA) is 55.7 Å². The first kappa shape index (κ1) is 37.2. The van der Waals surface area contributed by atoms with E-state index in [4.69, 9.17) is 15.0 Å². The van der Waals surface area contributed by atoms with Gasteiger partial charge >= 0.3 is 0 Å². The zero-order chi connectivity index (χ0) is 40.8. The Hall–Kier alpha value is -6.78. The summed E-state index contributed by atoms with van der Waals surface area (Å²) < 4.78 is 18.1. The highest BCUT2D eigenvalue weighted by atomic mass is 32.1. The van der Waals surface area contributed by atoms with Crippen LogP contribution in [0.5, 0.6) is 0 Å². The van der Waals surface area contributed by atoms with Gasteiger partial charge in [-0.2, -0.15) is 0 Å². The molecule has 0 saturated carbocycles. The lowest BCUT2D eigenvalue weighted by Gasteiger charge is -2.22. The number of fused-ring (bicyclic) bond motifs is 4. The first-order valence-electron chi connectivity index (χ1n) is 20.9. The quantitative estimate of drug-likeness (QED) is 0.143. The summed E-state index contributed by atoms with van der Waals surface area (Å²) in [6, 6.07) is 56.4. The van der Waals surface area contributed by atoms with Crippen LogP contribution in [0, 0.1) is 0 Å². The molecule has 11 rings (SSSR count). The number of benzene rings is 7. The predicted octanol–water partition coefficient (Wildman–Crippen LogP) is 13.2. The number of allylic oxidation sites excluding steroid dienone is 5. The van der Waals surface area contributed by atoms with E-state index in [1.165, 1.54) is 31.3 Å². The van der Waals surface area contributed by atoms with Crippen molar-refractivity contribution in [1.29, 1.82) is 0 Å². The van der Waals surface area contributed by atoms with E-state index >= 15 is 4.57 Å². The Morgan fingerprint density at radius 2 is 1.13 bits per heavy atom. The van der Waals surface area contributed by atoms with Crippen LogP contribution in [0.15, 0.2) is 188 Å². The number of thiophene rings is 1. The second-order valence-corrected chi connectivity index (χ2v) is 19.5. The van der Waals surface area contributed by atoms with Crippen molar-refractivity contribution in [1.82, 2.24) is 15.0 Å². The minimum Gasteiger partial charge on any atom is -0.309 e. The Balaban J connectivity index is 1.10. The Bertz CT molecular complexity index is 3230. The minimum atomic E-state index is -3.20. The minimum absolute atomic E-state index is 0.671. The molecule has 2 heterocycles. The lowest BCUT2D eigenvalue weighted by molar-refractivity contribution is 0.592. The highest BCUT2D eigenvalue weighted by Gasteiger charge is 2.30. The van der Waals surface area contributed by atoms with E-state index in [0.717, 1.165) is 80.6 Å². The molecule has 0 amide bonds. The van der Waals surface area contributed by atoms with Crippen molar-refractivity contribution >= 4 is 66.2 Å². The summed E-state index contributed by atoms with van der Waals surface area (Å²) in [7, 11) is -3.20. The van der Waals surface area contributed by atoms with Crippen LogP contribution in [-0.4, -0.2) is 15.0 Å². The van der Waals surface area contributed by atoms with Crippen molar-refractivity contribution < 1.29 is 4.57 Å². The van der Waals surface area contributed by atoms with Crippen molar-refractivity contribution in [3.05, 3.63) is 205 Å². The molecule has 0 fully saturated rings. The van der Waals surface area contributed by atoms with Gasteiger partial charge in [-0.15, -0.1) is 11.3 Å². The van der Waals surface area contributed by atoms with Crippen LogP contribution >= 0.6 is 18.5 Å². The summed E-state index contributed by atoms with van der Waals surface area (Å²) in [5, 5.41) is 4.92. The molecule has 292 valence electrons. The van der Waals surface area contributed by atoms with Crippen LogP contribution in [0.2, 0.25) is 0 Å². The predicted molar refractivity (Wildman–Crippen MR) is 258 cm³/mol. The molecule has 0 unspecified atom stereocenters. The number of hydrogen-bond acceptors (Lipinski definition) is 5. The molecule has 0 spiro atoms. The van der Waals surface area contributed by atoms with Gasteiger partial charge in [0.15, 0.2) is 24.6 Å². The van der Waals surface area contributed by atoms with Gasteiger partial charge in [0, 0.05) is 52.8 Å². The van der Waals surface area contributed by atoms with Crippen molar-refractivity contribution in [3.8, 4) is 45.0 Å². The second kappa shape index (κ2) is 15.7. The van der Waals surface area contributed by atoms with Crippen molar-refractivity contribution in [2.45, 2.75) is 25.7 Å². The third-order valence-electron chi connectivity index (χ3n) is 11.9. The smallest absolute Gasteiger partial charge is 0.171 e. The third-order valence-corrected chi connectivity index (χ3v) is 16.1. The summed E-state index contributed by atoms with van der Waals surface area (Å²) in [5.41, 5.74) is 9.98. The Morgan fingerprint density at radius 1 is 0.475 bits per heavy atom. The largest absolute Gasteiger partial charge is 0.309 e. The second-order valence-electron chi connectivity index (χ2n) is 15.6. The van der Waals surface area contributed by atoms with E-state index in [9.17, 15) is 0 Å². The molecule has 2 aromatic heterocycles. The fourth-order valence-corrected chi connectivity index (χ4v) is 12.8. The van der Waals surface area contributed by atoms with Crippen LogP contribution in [0.3, 0.4) is 0 Å². The average molecular weight is 822 g/mol. The lowest BCUT2D eigenvalue weighted by Crippen LogP contribution is -2.25. The van der Waals surface area contributed by atoms with Crippen LogP contribution in [0.4, 0.5) is 0 Å². The summed E-state index contributed by atoms with van der Waals surface area (Å²) in [4.78, 5) is 15.3. The highest BCUT2D eigenvalue weighted by molar-refractivity contribution is 7.85. The Labute approximate surface area is 359 Å². The van der Waals surface area contributed by atoms with Crippen LogP contribution in [-0.2, 0) is 11.0 Å². The van der Waals surface area contributed by atoms with Crippen molar-refractivity contribution in [3.63, 3.8) is 0 Å². The fourth-order valence-electron chi connectivity index (χ4n) is 8.97. The number of nitrogens with zero attached hydrogens (tertiary/aromatic N) is 3. The zero-order valence-corrected chi connectivity index (χ0v) is 35.1. The normalized spacial score (nSPS) is 13.7. The standard InChI is InChI=1S/C55H40N3OPS/c59-60(41-23-9-3-10-24-41,42-25-11-4-12-26-42)43-27-17-22-39(34-43)49-35-40(36-51-52(49)48-30-15-16-31-50(48)61-51)44-32-33-47(46-29-14-13-28-45(44)46)55-57-53(37-18-5-1-6-19-37)56-54(58-55)38-20-7-2-8-21-38/h1,3-7,9-12,14-27,29-36H,2,8,13,28H2. The van der Waals surface area contributed by atoms with E-state index < -0.39 is 7.14 Å². The number of hydrogen-bond donors (Lipinski definition) is 0. The molecule has 9 aromatic rings. The van der Waals surface area contributed by atoms with E-state index in [2.05, 4.69) is 109 Å². The first-order chi connectivity index (χ1) is 30.1. The van der Waals surface area contributed by atoms with Gasteiger partial charge in [0.25, 0.3) is 0 Å². The van der Waals surface area contributed by atoms with E-state index in [0.29, 0.717) is 17.5 Å². The van der Waals surface area contributed by atoms with E-state index in [1.807, 2.05) is 96.3 Å². The molecule has 0 saturated heterocycles. The third kappa shape index (κ3) is 6.71. The molecule has 0 atom stereocenters. The number of rotatable bonds is 8. The highest BCUT2D eigenvalue weighted by Crippen LogP contribution is 2.47. The van der Waals surface area contributed by atoms with Gasteiger partial charge in [0.05, 0.1) is 0 Å². The fraction of sp³-hybridized carbons (Fsp3) is 0.0727. The maximum Gasteiger partial charge on any atom is 0.171 e. The van der Waals surface area contributed by atoms with Gasteiger partial charge in [-0.1, -0.05) is 164 Å². The molecule has 0 bridgehead atoms. The zero-order valence-electron chi connectivity index (χ0n) is 33.4. The molecule has 0 aliphatic heterocycles. The molecule has 0 N–H and O–H groups in total. The van der Waals surface area contributed by atoms with Crippen LogP contribution in [0.1, 0.15) is 36.2 Å². The van der Waals surface area contributed by atoms with Crippen LogP contribution in [0.25, 0.3) is 76.9 Å². The molecule has 61 heavy (non-hydrogen) atoms. The summed E-state index contributed by atoms with van der Waals surface area (Å²) >= 11 is 1.83. The first-order valence-corrected chi connectivity index (χ1v) is 23.4. The molecule has 4 nitrogen and oxygen atoms in total. The maximum absolute atomic E-state index is 15.6. The lowest BCUT2D eigenvalue weighted by atomic mass is 9.85. The molecule has 7 aromatic carbocycles. The van der Waals surface area contributed by atoms with Gasteiger partial charge < -0.3 is 4.57 Å². The van der Waals surface area contributed by atoms with Crippen LogP contribution < -0.4 is 15.9 Å². The molecule has 6 heteroatoms. The van der Waals surface area contributed by atoms with Gasteiger partial charge in [0.2, 0.25) is 0 Å². The Kier molecular flexibility index (Phi) is 9.57. The molecular weight excluding hydrogens is 782 g/mol. The molecule has 2 aliphatic carbocycles. The van der Waals surface area contributed by atoms with Crippen molar-refractivity contribution in [2.75, 3.05) is 0 Å². The molecule has 0 radical (unpaired) electrons. The average Bonchev–Trinajstić information content (AvgIpc) is 3.73. The van der Waals surface area contributed by atoms with Gasteiger partial charge in [-0.25, -0.2) is 15.0 Å². The van der Waals surface area contributed by atoms with Gasteiger partial charge in [0.1, 0.15) is 0 Å². The van der Waals surface area contributed by atoms with Crippen molar-refractivity contribution in [2.24, 2.45) is 0 Å². The monoisotopic (exact) mass is 821 g/mol. The Morgan fingerprint density at radius 3 is 1.90 bits per heavy atom. The summed E-state index contributed by atoms with van der Waals surface area (Å²) in [5.74, 6) is 2.05. The SMILES string of the molecule is O=P(c1ccccc1)(c1ccccc1)c1cccc(-c2cc(-c3ccc(-c4nc(C5=CCCC=C5)nc(-c5ccccc5)n4)c4c3CCC=C4)cc3sc4ccccc4c23)c1. The molecule has 2 aliphatic rings.